The van der Waals surface area contributed by atoms with Gasteiger partial charge < -0.3 is 15.0 Å². The Kier molecular flexibility index (Phi) is 5.06. The van der Waals surface area contributed by atoms with Crippen LogP contribution in [0.15, 0.2) is 30.3 Å². The number of carbonyl (C=O) groups excluding carboxylic acids is 1. The number of rotatable bonds is 5. The summed E-state index contributed by atoms with van der Waals surface area (Å²) in [5.41, 5.74) is 0. The minimum atomic E-state index is -2.98. The third-order valence-electron chi connectivity index (χ3n) is 3.35. The fourth-order valence-electron chi connectivity index (χ4n) is 2.11. The van der Waals surface area contributed by atoms with Crippen LogP contribution in [0.2, 0.25) is 0 Å². The number of carbonyl (C=O) groups is 1. The summed E-state index contributed by atoms with van der Waals surface area (Å²) in [6.07, 6.45) is 0.489. The number of urea groups is 1. The maximum absolute atomic E-state index is 11.9. The van der Waals surface area contributed by atoms with Gasteiger partial charge in [-0.2, -0.15) is 0 Å². The number of benzene rings is 1. The molecule has 1 unspecified atom stereocenters. The lowest BCUT2D eigenvalue weighted by Crippen LogP contribution is -2.44. The summed E-state index contributed by atoms with van der Waals surface area (Å²) in [5, 5.41) is 2.74. The van der Waals surface area contributed by atoms with E-state index in [0.717, 1.165) is 5.75 Å². The zero-order chi connectivity index (χ0) is 15.3. The second kappa shape index (κ2) is 6.80. The van der Waals surface area contributed by atoms with E-state index in [0.29, 0.717) is 19.6 Å². The molecule has 1 aromatic carbocycles. The SMILES string of the molecule is CN(CCOc1ccccc1)C(=O)NC1CCS(=O)(=O)C1. The van der Waals surface area contributed by atoms with Crippen molar-refractivity contribution in [2.75, 3.05) is 31.7 Å². The Balaban J connectivity index is 1.70. The molecule has 0 aromatic heterocycles. The Hall–Kier alpha value is -1.76. The first-order chi connectivity index (χ1) is 9.96. The lowest BCUT2D eigenvalue weighted by Gasteiger charge is -2.20. The average molecular weight is 312 g/mol. The van der Waals surface area contributed by atoms with Crippen molar-refractivity contribution in [3.63, 3.8) is 0 Å². The van der Waals surface area contributed by atoms with E-state index in [4.69, 9.17) is 4.74 Å². The Bertz CT molecular complexity index is 574. The second-order valence-electron chi connectivity index (χ2n) is 5.13. The summed E-state index contributed by atoms with van der Waals surface area (Å²) in [6, 6.07) is 8.82. The van der Waals surface area contributed by atoms with Gasteiger partial charge in [0.15, 0.2) is 9.84 Å². The van der Waals surface area contributed by atoms with Gasteiger partial charge in [-0.3, -0.25) is 0 Å². The summed E-state index contributed by atoms with van der Waals surface area (Å²) in [5.74, 6) is 0.944. The van der Waals surface area contributed by atoms with Gasteiger partial charge in [-0.25, -0.2) is 13.2 Å². The van der Waals surface area contributed by atoms with Crippen molar-refractivity contribution in [1.82, 2.24) is 10.2 Å². The van der Waals surface area contributed by atoms with Crippen LogP contribution in [0, 0.1) is 0 Å². The lowest BCUT2D eigenvalue weighted by molar-refractivity contribution is 0.192. The maximum atomic E-state index is 11.9. The second-order valence-corrected chi connectivity index (χ2v) is 7.36. The summed E-state index contributed by atoms with van der Waals surface area (Å²) in [4.78, 5) is 13.4. The van der Waals surface area contributed by atoms with Crippen LogP contribution in [0.4, 0.5) is 4.79 Å². The van der Waals surface area contributed by atoms with Gasteiger partial charge in [-0.1, -0.05) is 18.2 Å². The summed E-state index contributed by atoms with van der Waals surface area (Å²) in [6.45, 7) is 0.817. The molecule has 1 N–H and O–H groups in total. The number of nitrogens with one attached hydrogen (secondary N) is 1. The monoisotopic (exact) mass is 312 g/mol. The van der Waals surface area contributed by atoms with E-state index in [1.165, 1.54) is 4.90 Å². The Morgan fingerprint density at radius 2 is 2.10 bits per heavy atom. The van der Waals surface area contributed by atoms with E-state index in [9.17, 15) is 13.2 Å². The molecule has 0 radical (unpaired) electrons. The number of sulfone groups is 1. The molecule has 1 atom stereocenters. The van der Waals surface area contributed by atoms with Gasteiger partial charge >= 0.3 is 6.03 Å². The Morgan fingerprint density at radius 1 is 1.38 bits per heavy atom. The number of para-hydroxylation sites is 1. The molecular formula is C14H20N2O4S. The number of hydrogen-bond acceptors (Lipinski definition) is 4. The predicted octanol–water partition coefficient (Wildman–Crippen LogP) is 0.894. The largest absolute Gasteiger partial charge is 0.492 e. The van der Waals surface area contributed by atoms with Gasteiger partial charge in [-0.05, 0) is 18.6 Å². The fourth-order valence-corrected chi connectivity index (χ4v) is 3.79. The smallest absolute Gasteiger partial charge is 0.317 e. The first-order valence-electron chi connectivity index (χ1n) is 6.86. The molecule has 6 nitrogen and oxygen atoms in total. The van der Waals surface area contributed by atoms with E-state index >= 15 is 0 Å². The van der Waals surface area contributed by atoms with Crippen LogP contribution in [0.5, 0.6) is 5.75 Å². The van der Waals surface area contributed by atoms with Gasteiger partial charge in [0.05, 0.1) is 18.1 Å². The maximum Gasteiger partial charge on any atom is 0.317 e. The summed E-state index contributed by atoms with van der Waals surface area (Å²) in [7, 11) is -1.32. The topological polar surface area (TPSA) is 75.7 Å². The standard InChI is InChI=1S/C14H20N2O4S/c1-16(8-9-20-13-5-3-2-4-6-13)14(17)15-12-7-10-21(18,19)11-12/h2-6,12H,7-11H2,1H3,(H,15,17). The van der Waals surface area contributed by atoms with E-state index in [1.54, 1.807) is 7.05 Å². The first kappa shape index (κ1) is 15.6. The average Bonchev–Trinajstić information content (AvgIpc) is 2.79. The molecule has 0 bridgehead atoms. The van der Waals surface area contributed by atoms with Gasteiger partial charge in [0.25, 0.3) is 0 Å². The quantitative estimate of drug-likeness (QED) is 0.876. The van der Waals surface area contributed by atoms with Crippen LogP contribution in [0.25, 0.3) is 0 Å². The molecule has 1 aliphatic heterocycles. The molecule has 1 aliphatic rings. The van der Waals surface area contributed by atoms with Crippen LogP contribution < -0.4 is 10.1 Å². The number of amides is 2. The van der Waals surface area contributed by atoms with E-state index in [2.05, 4.69) is 5.32 Å². The Morgan fingerprint density at radius 3 is 2.71 bits per heavy atom. The van der Waals surface area contributed by atoms with Crippen LogP contribution in [0.3, 0.4) is 0 Å². The van der Waals surface area contributed by atoms with Crippen LogP contribution in [0.1, 0.15) is 6.42 Å². The van der Waals surface area contributed by atoms with Gasteiger partial charge in [0.1, 0.15) is 12.4 Å². The number of ether oxygens (including phenoxy) is 1. The van der Waals surface area contributed by atoms with Crippen molar-refractivity contribution in [3.05, 3.63) is 30.3 Å². The zero-order valence-corrected chi connectivity index (χ0v) is 12.8. The minimum absolute atomic E-state index is 0.0348. The molecule has 1 heterocycles. The van der Waals surface area contributed by atoms with Crippen LogP contribution in [-0.2, 0) is 9.84 Å². The van der Waals surface area contributed by atoms with Gasteiger partial charge in [0.2, 0.25) is 0 Å². The highest BCUT2D eigenvalue weighted by Gasteiger charge is 2.29. The number of likely N-dealkylation sites (N-methyl/N-ethyl adjacent to an activating group) is 1. The molecule has 2 rings (SSSR count). The molecule has 7 heteroatoms. The van der Waals surface area contributed by atoms with E-state index in [-0.39, 0.29) is 23.6 Å². The first-order valence-corrected chi connectivity index (χ1v) is 8.68. The van der Waals surface area contributed by atoms with Crippen LogP contribution in [-0.4, -0.2) is 57.1 Å². The molecule has 1 fully saturated rings. The Labute approximate surface area is 125 Å². The number of hydrogen-bond donors (Lipinski definition) is 1. The van der Waals surface area contributed by atoms with Gasteiger partial charge in [0, 0.05) is 13.1 Å². The van der Waals surface area contributed by atoms with Crippen molar-refractivity contribution in [3.8, 4) is 5.75 Å². The normalized spacial score (nSPS) is 20.0. The zero-order valence-electron chi connectivity index (χ0n) is 12.0. The molecule has 21 heavy (non-hydrogen) atoms. The van der Waals surface area contributed by atoms with Crippen molar-refractivity contribution in [2.45, 2.75) is 12.5 Å². The molecule has 0 spiro atoms. The molecule has 0 saturated carbocycles. The molecular weight excluding hydrogens is 292 g/mol. The highest BCUT2D eigenvalue weighted by Crippen LogP contribution is 2.11. The van der Waals surface area contributed by atoms with Crippen LogP contribution >= 0.6 is 0 Å². The predicted molar refractivity (Wildman–Crippen MR) is 80.2 cm³/mol. The minimum Gasteiger partial charge on any atom is -0.492 e. The van der Waals surface area contributed by atoms with Crippen molar-refractivity contribution in [2.24, 2.45) is 0 Å². The molecule has 116 valence electrons. The molecule has 0 aliphatic carbocycles. The lowest BCUT2D eigenvalue weighted by atomic mass is 10.3. The highest BCUT2D eigenvalue weighted by atomic mass is 32.2. The third kappa shape index (κ3) is 4.93. The molecule has 2 amide bonds. The van der Waals surface area contributed by atoms with Crippen molar-refractivity contribution < 1.29 is 17.9 Å². The fraction of sp³-hybridized carbons (Fsp3) is 0.500. The van der Waals surface area contributed by atoms with Crippen molar-refractivity contribution >= 4 is 15.9 Å². The van der Waals surface area contributed by atoms with E-state index in [1.807, 2.05) is 30.3 Å². The summed E-state index contributed by atoms with van der Waals surface area (Å²) >= 11 is 0. The molecule has 1 aromatic rings. The molecule has 1 saturated heterocycles. The van der Waals surface area contributed by atoms with Gasteiger partial charge in [-0.15, -0.1) is 0 Å². The third-order valence-corrected chi connectivity index (χ3v) is 5.11. The van der Waals surface area contributed by atoms with Crippen molar-refractivity contribution in [1.29, 1.82) is 0 Å². The number of nitrogens with zero attached hydrogens (tertiary/aromatic N) is 1. The summed E-state index contributed by atoms with van der Waals surface area (Å²) < 4.78 is 28.2. The highest BCUT2D eigenvalue weighted by molar-refractivity contribution is 7.91. The van der Waals surface area contributed by atoms with E-state index < -0.39 is 9.84 Å².